The molecule has 1 N–H and O–H groups in total. The largest absolute Gasteiger partial charge is 0.309 e. The second kappa shape index (κ2) is 5.10. The van der Waals surface area contributed by atoms with Crippen molar-refractivity contribution in [3.05, 3.63) is 35.4 Å². The molecule has 1 aromatic rings. The van der Waals surface area contributed by atoms with Gasteiger partial charge in [0.25, 0.3) is 0 Å². The van der Waals surface area contributed by atoms with Crippen LogP contribution in [0.4, 0.5) is 8.78 Å². The zero-order valence-electron chi connectivity index (χ0n) is 10.2. The van der Waals surface area contributed by atoms with Crippen molar-refractivity contribution in [1.29, 1.82) is 0 Å². The number of nitrogens with zero attached hydrogens (tertiary/aromatic N) is 1. The van der Waals surface area contributed by atoms with E-state index in [2.05, 4.69) is 24.1 Å². The fourth-order valence-electron chi connectivity index (χ4n) is 2.46. The van der Waals surface area contributed by atoms with Crippen molar-refractivity contribution in [2.45, 2.75) is 32.5 Å². The van der Waals surface area contributed by atoms with E-state index in [0.717, 1.165) is 19.2 Å². The molecule has 0 aliphatic carbocycles. The average Bonchev–Trinajstić information content (AvgIpc) is 2.21. The molecule has 0 amide bonds. The van der Waals surface area contributed by atoms with Crippen LogP contribution in [0.1, 0.15) is 19.4 Å². The number of halogens is 2. The summed E-state index contributed by atoms with van der Waals surface area (Å²) in [5.74, 6) is -0.975. The molecular weight excluding hydrogens is 222 g/mol. The third-order valence-corrected chi connectivity index (χ3v) is 3.04. The molecule has 17 heavy (non-hydrogen) atoms. The quantitative estimate of drug-likeness (QED) is 0.852. The first kappa shape index (κ1) is 12.5. The van der Waals surface area contributed by atoms with Crippen LogP contribution in [0.25, 0.3) is 0 Å². The third-order valence-electron chi connectivity index (χ3n) is 3.04. The van der Waals surface area contributed by atoms with Crippen LogP contribution in [0.15, 0.2) is 18.2 Å². The molecule has 1 aliphatic rings. The molecule has 1 aliphatic heterocycles. The summed E-state index contributed by atoms with van der Waals surface area (Å²) in [5, 5.41) is 3.42. The lowest BCUT2D eigenvalue weighted by molar-refractivity contribution is 0.165. The van der Waals surface area contributed by atoms with Crippen molar-refractivity contribution in [2.75, 3.05) is 13.1 Å². The molecule has 94 valence electrons. The normalized spacial score (nSPS) is 26.1. The molecule has 0 radical (unpaired) electrons. The lowest BCUT2D eigenvalue weighted by Gasteiger charge is -2.36. The smallest absolute Gasteiger partial charge is 0.130 e. The molecule has 2 nitrogen and oxygen atoms in total. The second-order valence-corrected chi connectivity index (χ2v) is 4.90. The fourth-order valence-corrected chi connectivity index (χ4v) is 2.46. The van der Waals surface area contributed by atoms with Gasteiger partial charge in [0.15, 0.2) is 0 Å². The van der Waals surface area contributed by atoms with Crippen LogP contribution >= 0.6 is 0 Å². The van der Waals surface area contributed by atoms with Crippen LogP contribution in [-0.4, -0.2) is 30.1 Å². The fraction of sp³-hybridized carbons (Fsp3) is 0.538. The summed E-state index contributed by atoms with van der Waals surface area (Å²) in [6, 6.07) is 4.60. The van der Waals surface area contributed by atoms with E-state index in [-0.39, 0.29) is 0 Å². The minimum absolute atomic E-state index is 0.405. The van der Waals surface area contributed by atoms with Gasteiger partial charge in [-0.05, 0) is 19.9 Å². The van der Waals surface area contributed by atoms with E-state index in [1.165, 1.54) is 12.1 Å². The van der Waals surface area contributed by atoms with Crippen LogP contribution < -0.4 is 5.32 Å². The maximum atomic E-state index is 13.5. The summed E-state index contributed by atoms with van der Waals surface area (Å²) in [5.41, 5.74) is 0.563. The van der Waals surface area contributed by atoms with Gasteiger partial charge in [-0.15, -0.1) is 0 Å². The Morgan fingerprint density at radius 2 is 1.88 bits per heavy atom. The zero-order chi connectivity index (χ0) is 12.4. The van der Waals surface area contributed by atoms with Gasteiger partial charge in [0.2, 0.25) is 0 Å². The highest BCUT2D eigenvalue weighted by Crippen LogP contribution is 2.14. The summed E-state index contributed by atoms with van der Waals surface area (Å²) in [6.07, 6.45) is 0. The Morgan fingerprint density at radius 1 is 1.24 bits per heavy atom. The van der Waals surface area contributed by atoms with Crippen molar-refractivity contribution in [3.63, 3.8) is 0 Å². The van der Waals surface area contributed by atoms with E-state index in [4.69, 9.17) is 0 Å². The molecule has 0 aromatic heterocycles. The van der Waals surface area contributed by atoms with E-state index in [0.29, 0.717) is 24.2 Å². The summed E-state index contributed by atoms with van der Waals surface area (Å²) >= 11 is 0. The Kier molecular flexibility index (Phi) is 3.74. The van der Waals surface area contributed by atoms with Gasteiger partial charge >= 0.3 is 0 Å². The Balaban J connectivity index is 2.04. The summed E-state index contributed by atoms with van der Waals surface area (Å²) < 4.78 is 26.3. The van der Waals surface area contributed by atoms with E-state index in [1.807, 2.05) is 0 Å². The molecule has 0 spiro atoms. The standard InChI is InChI=1S/C13H18F2N2/c1-9-6-17(7-10(2)16-9)8-11-3-4-12(14)5-13(11)15/h3-5,9-10,16H,6-8H2,1-2H3. The number of hydrogen-bond acceptors (Lipinski definition) is 2. The van der Waals surface area contributed by atoms with Crippen molar-refractivity contribution in [3.8, 4) is 0 Å². The van der Waals surface area contributed by atoms with Crippen LogP contribution in [0.3, 0.4) is 0 Å². The van der Waals surface area contributed by atoms with E-state index >= 15 is 0 Å². The van der Waals surface area contributed by atoms with Crippen LogP contribution in [0.2, 0.25) is 0 Å². The van der Waals surface area contributed by atoms with Gasteiger partial charge in [-0.25, -0.2) is 8.78 Å². The van der Waals surface area contributed by atoms with Gasteiger partial charge in [-0.2, -0.15) is 0 Å². The van der Waals surface area contributed by atoms with E-state index < -0.39 is 11.6 Å². The van der Waals surface area contributed by atoms with Crippen molar-refractivity contribution < 1.29 is 8.78 Å². The van der Waals surface area contributed by atoms with Gasteiger partial charge in [-0.1, -0.05) is 6.07 Å². The molecule has 2 rings (SSSR count). The molecule has 2 unspecified atom stereocenters. The highest BCUT2D eigenvalue weighted by atomic mass is 19.1. The number of rotatable bonds is 2. The molecule has 2 atom stereocenters. The Labute approximate surface area is 101 Å². The third kappa shape index (κ3) is 3.23. The molecule has 1 fully saturated rings. The average molecular weight is 240 g/mol. The van der Waals surface area contributed by atoms with Gasteiger partial charge in [0.05, 0.1) is 0 Å². The number of piperazine rings is 1. The SMILES string of the molecule is CC1CN(Cc2ccc(F)cc2F)CC(C)N1. The highest BCUT2D eigenvalue weighted by molar-refractivity contribution is 5.18. The monoisotopic (exact) mass is 240 g/mol. The zero-order valence-corrected chi connectivity index (χ0v) is 10.2. The van der Waals surface area contributed by atoms with Gasteiger partial charge in [-0.3, -0.25) is 4.90 Å². The molecular formula is C13H18F2N2. The van der Waals surface area contributed by atoms with Gasteiger partial charge in [0.1, 0.15) is 11.6 Å². The Hall–Kier alpha value is -1.00. The van der Waals surface area contributed by atoms with Crippen LogP contribution in [0, 0.1) is 11.6 Å². The van der Waals surface area contributed by atoms with Crippen molar-refractivity contribution in [2.24, 2.45) is 0 Å². The van der Waals surface area contributed by atoms with Crippen molar-refractivity contribution in [1.82, 2.24) is 10.2 Å². The van der Waals surface area contributed by atoms with Gasteiger partial charge in [0, 0.05) is 43.3 Å². The van der Waals surface area contributed by atoms with Crippen LogP contribution in [-0.2, 0) is 6.54 Å². The summed E-state index contributed by atoms with van der Waals surface area (Å²) in [6.45, 7) is 6.55. The molecule has 0 saturated carbocycles. The van der Waals surface area contributed by atoms with Gasteiger partial charge < -0.3 is 5.32 Å². The van der Waals surface area contributed by atoms with E-state index in [1.54, 1.807) is 0 Å². The molecule has 4 heteroatoms. The lowest BCUT2D eigenvalue weighted by Crippen LogP contribution is -2.53. The first-order valence-electron chi connectivity index (χ1n) is 5.97. The topological polar surface area (TPSA) is 15.3 Å². The van der Waals surface area contributed by atoms with Crippen molar-refractivity contribution >= 4 is 0 Å². The number of nitrogens with one attached hydrogen (secondary N) is 1. The first-order chi connectivity index (χ1) is 8.04. The molecule has 1 aromatic carbocycles. The number of hydrogen-bond donors (Lipinski definition) is 1. The Morgan fingerprint density at radius 3 is 2.47 bits per heavy atom. The Bertz CT molecular complexity index is 385. The maximum Gasteiger partial charge on any atom is 0.130 e. The molecule has 0 bridgehead atoms. The number of benzene rings is 1. The predicted molar refractivity (Wildman–Crippen MR) is 63.7 cm³/mol. The highest BCUT2D eigenvalue weighted by Gasteiger charge is 2.21. The van der Waals surface area contributed by atoms with Crippen LogP contribution in [0.5, 0.6) is 0 Å². The second-order valence-electron chi connectivity index (χ2n) is 4.90. The first-order valence-corrected chi connectivity index (χ1v) is 5.97. The minimum atomic E-state index is -0.520. The summed E-state index contributed by atoms with van der Waals surface area (Å²) in [4.78, 5) is 2.20. The minimum Gasteiger partial charge on any atom is -0.309 e. The van der Waals surface area contributed by atoms with E-state index in [9.17, 15) is 8.78 Å². The lowest BCUT2D eigenvalue weighted by atomic mass is 10.1. The maximum absolute atomic E-state index is 13.5. The molecule has 1 saturated heterocycles. The predicted octanol–water partition coefficient (Wildman–Crippen LogP) is 2.15. The summed E-state index contributed by atoms with van der Waals surface area (Å²) in [7, 11) is 0. The molecule has 1 heterocycles.